The Hall–Kier alpha value is 0.990. The van der Waals surface area contributed by atoms with Gasteiger partial charge in [0.05, 0.1) is 0 Å². The number of thiol groups is 1. The summed E-state index contributed by atoms with van der Waals surface area (Å²) in [5, 5.41) is 0. The molecule has 0 aromatic carbocycles. The van der Waals surface area contributed by atoms with E-state index in [1.807, 2.05) is 11.8 Å². The van der Waals surface area contributed by atoms with Gasteiger partial charge in [-0.25, -0.2) is 0 Å². The van der Waals surface area contributed by atoms with Crippen molar-refractivity contribution in [3.8, 4) is 0 Å². The average molecular weight is 157 g/mol. The van der Waals surface area contributed by atoms with Crippen LogP contribution in [0.5, 0.6) is 0 Å². The molecule has 0 bridgehead atoms. The minimum Gasteiger partial charge on any atom is -0.179 e. The first-order valence-corrected chi connectivity index (χ1v) is 4.48. The van der Waals surface area contributed by atoms with Crippen molar-refractivity contribution in [3.05, 3.63) is 0 Å². The second-order valence-corrected chi connectivity index (χ2v) is 3.07. The minimum atomic E-state index is 0.762. The molecule has 0 saturated carbocycles. The molecule has 0 N–H and O–H groups in total. The number of rotatable bonds is 4. The minimum absolute atomic E-state index is 0.762. The number of halogens is 1. The van der Waals surface area contributed by atoms with Gasteiger partial charge in [-0.3, -0.25) is 0 Å². The predicted octanol–water partition coefficient (Wildman–Crippen LogP) is 1.89. The smallest absolute Gasteiger partial charge is 0.0314 e. The maximum Gasteiger partial charge on any atom is 0.0314 e. The molecule has 0 aliphatic heterocycles. The van der Waals surface area contributed by atoms with Crippen molar-refractivity contribution in [2.24, 2.45) is 0 Å². The highest BCUT2D eigenvalue weighted by Crippen LogP contribution is 1.99. The third-order valence-electron chi connectivity index (χ3n) is 0.457. The molecule has 0 radical (unpaired) electrons. The van der Waals surface area contributed by atoms with Gasteiger partial charge in [-0.15, -0.1) is 11.6 Å². The molecule has 0 rings (SSSR count). The maximum atomic E-state index is 5.39. The Bertz CT molecular complexity index is 28.9. The molecule has 0 amide bonds. The fraction of sp³-hybridized carbons (Fsp3) is 1.00. The largest absolute Gasteiger partial charge is 0.179 e. The zero-order valence-electron chi connectivity index (χ0n) is 4.06. The van der Waals surface area contributed by atoms with Gasteiger partial charge in [0, 0.05) is 17.4 Å². The lowest BCUT2D eigenvalue weighted by molar-refractivity contribution is 1.49. The zero-order chi connectivity index (χ0) is 5.54. The lowest BCUT2D eigenvalue weighted by atomic mass is 10.9. The van der Waals surface area contributed by atoms with Crippen molar-refractivity contribution in [3.63, 3.8) is 0 Å². The van der Waals surface area contributed by atoms with Gasteiger partial charge in [0.2, 0.25) is 0 Å². The predicted molar refractivity (Wildman–Crippen MR) is 41.9 cm³/mol. The van der Waals surface area contributed by atoms with Gasteiger partial charge in [-0.2, -0.15) is 24.4 Å². The van der Waals surface area contributed by atoms with Crippen LogP contribution in [0.25, 0.3) is 0 Å². The van der Waals surface area contributed by atoms with Crippen molar-refractivity contribution >= 4 is 36.0 Å². The summed E-state index contributed by atoms with van der Waals surface area (Å²) in [6.07, 6.45) is 0. The third kappa shape index (κ3) is 6.99. The summed E-state index contributed by atoms with van der Waals surface area (Å²) < 4.78 is 0. The quantitative estimate of drug-likeness (QED) is 0.369. The van der Waals surface area contributed by atoms with Gasteiger partial charge >= 0.3 is 0 Å². The molecule has 0 spiro atoms. The summed E-state index contributed by atoms with van der Waals surface area (Å²) in [5.41, 5.74) is 0. The van der Waals surface area contributed by atoms with E-state index < -0.39 is 0 Å². The molecule has 0 aromatic heterocycles. The van der Waals surface area contributed by atoms with E-state index in [2.05, 4.69) is 12.6 Å². The van der Waals surface area contributed by atoms with E-state index in [9.17, 15) is 0 Å². The lowest BCUT2D eigenvalue weighted by Gasteiger charge is -1.89. The Morgan fingerprint density at radius 2 is 2.14 bits per heavy atom. The van der Waals surface area contributed by atoms with Crippen LogP contribution >= 0.6 is 36.0 Å². The topological polar surface area (TPSA) is 0 Å². The zero-order valence-corrected chi connectivity index (χ0v) is 6.53. The molecule has 0 atom stereocenters. The maximum absolute atomic E-state index is 5.39. The van der Waals surface area contributed by atoms with Crippen LogP contribution in [-0.4, -0.2) is 23.1 Å². The number of thioether (sulfide) groups is 1. The lowest BCUT2D eigenvalue weighted by Crippen LogP contribution is -1.83. The summed E-state index contributed by atoms with van der Waals surface area (Å²) in [6.45, 7) is 0. The monoisotopic (exact) mass is 156 g/mol. The van der Waals surface area contributed by atoms with Crippen molar-refractivity contribution in [1.29, 1.82) is 0 Å². The number of alkyl halides is 1. The second kappa shape index (κ2) is 6.99. The van der Waals surface area contributed by atoms with Crippen molar-refractivity contribution in [2.75, 3.05) is 23.1 Å². The van der Waals surface area contributed by atoms with E-state index in [0.717, 1.165) is 23.1 Å². The summed E-state index contributed by atoms with van der Waals surface area (Å²) >= 11 is 11.3. The third-order valence-corrected chi connectivity index (χ3v) is 2.38. The van der Waals surface area contributed by atoms with E-state index in [1.54, 1.807) is 0 Å². The Balaban J connectivity index is 2.45. The molecular formula is C4H9ClS2. The standard InChI is InChI=1S/C4H9ClS2/c5-1-3-7-4-2-6/h6H,1-4H2. The van der Waals surface area contributed by atoms with Crippen LogP contribution in [0.15, 0.2) is 0 Å². The summed E-state index contributed by atoms with van der Waals surface area (Å²) in [5.74, 6) is 3.90. The molecule has 0 aromatic rings. The van der Waals surface area contributed by atoms with Crippen LogP contribution in [0.2, 0.25) is 0 Å². The van der Waals surface area contributed by atoms with Crippen LogP contribution in [0.3, 0.4) is 0 Å². The molecule has 7 heavy (non-hydrogen) atoms. The van der Waals surface area contributed by atoms with Crippen LogP contribution in [-0.2, 0) is 0 Å². The van der Waals surface area contributed by atoms with E-state index in [0.29, 0.717) is 0 Å². The number of hydrogen-bond acceptors (Lipinski definition) is 2. The second-order valence-electron chi connectivity index (χ2n) is 1.02. The molecule has 0 fully saturated rings. The Labute approximate surface area is 59.4 Å². The normalized spacial score (nSPS) is 9.43. The molecule has 0 nitrogen and oxygen atoms in total. The fourth-order valence-corrected chi connectivity index (χ4v) is 1.38. The Kier molecular flexibility index (Phi) is 7.98. The molecule has 3 heteroatoms. The molecule has 0 aliphatic carbocycles. The van der Waals surface area contributed by atoms with Crippen molar-refractivity contribution in [1.82, 2.24) is 0 Å². The molecular weight excluding hydrogens is 148 g/mol. The SMILES string of the molecule is SCCSCCCl. The average Bonchev–Trinajstić information content (AvgIpc) is 1.69. The first-order valence-electron chi connectivity index (χ1n) is 2.16. The molecule has 0 aliphatic rings. The van der Waals surface area contributed by atoms with Gasteiger partial charge < -0.3 is 0 Å². The van der Waals surface area contributed by atoms with E-state index in [4.69, 9.17) is 11.6 Å². The molecule has 0 saturated heterocycles. The van der Waals surface area contributed by atoms with E-state index in [-0.39, 0.29) is 0 Å². The Morgan fingerprint density at radius 1 is 1.43 bits per heavy atom. The van der Waals surface area contributed by atoms with Gasteiger partial charge in [0.25, 0.3) is 0 Å². The molecule has 0 heterocycles. The highest BCUT2D eigenvalue weighted by Gasteiger charge is 1.81. The number of hydrogen-bond donors (Lipinski definition) is 1. The molecule has 44 valence electrons. The van der Waals surface area contributed by atoms with Gasteiger partial charge in [0.1, 0.15) is 0 Å². The summed E-state index contributed by atoms with van der Waals surface area (Å²) in [4.78, 5) is 0. The van der Waals surface area contributed by atoms with E-state index >= 15 is 0 Å². The van der Waals surface area contributed by atoms with Gasteiger partial charge in [-0.05, 0) is 5.75 Å². The molecule has 0 unspecified atom stereocenters. The van der Waals surface area contributed by atoms with Crippen molar-refractivity contribution in [2.45, 2.75) is 0 Å². The Morgan fingerprint density at radius 3 is 2.57 bits per heavy atom. The first kappa shape index (κ1) is 7.99. The van der Waals surface area contributed by atoms with Gasteiger partial charge in [-0.1, -0.05) is 0 Å². The summed E-state index contributed by atoms with van der Waals surface area (Å²) in [6, 6.07) is 0. The highest BCUT2D eigenvalue weighted by atomic mass is 35.5. The van der Waals surface area contributed by atoms with Gasteiger partial charge in [0.15, 0.2) is 0 Å². The van der Waals surface area contributed by atoms with Crippen LogP contribution < -0.4 is 0 Å². The van der Waals surface area contributed by atoms with Crippen LogP contribution in [0.1, 0.15) is 0 Å². The summed E-state index contributed by atoms with van der Waals surface area (Å²) in [7, 11) is 0. The first-order chi connectivity index (χ1) is 3.41. The van der Waals surface area contributed by atoms with Crippen molar-refractivity contribution < 1.29 is 0 Å². The fourth-order valence-electron chi connectivity index (χ4n) is 0.221. The van der Waals surface area contributed by atoms with Crippen LogP contribution in [0.4, 0.5) is 0 Å². The van der Waals surface area contributed by atoms with E-state index in [1.165, 1.54) is 0 Å². The highest BCUT2D eigenvalue weighted by molar-refractivity contribution is 8.00. The van der Waals surface area contributed by atoms with Crippen LogP contribution in [0, 0.1) is 0 Å².